The second-order valence-corrected chi connectivity index (χ2v) is 6.75. The van der Waals surface area contributed by atoms with Gasteiger partial charge in [0.2, 0.25) is 11.9 Å². The van der Waals surface area contributed by atoms with E-state index in [4.69, 9.17) is 5.73 Å². The number of anilines is 3. The number of carbonyl (C=O) groups excluding carboxylic acids is 1. The number of primary amides is 1. The van der Waals surface area contributed by atoms with E-state index in [1.165, 1.54) is 6.07 Å². The van der Waals surface area contributed by atoms with Crippen LogP contribution >= 0.6 is 0 Å². The number of hydrogen-bond donors (Lipinski definition) is 3. The number of nitrogens with two attached hydrogens (primary N) is 1. The van der Waals surface area contributed by atoms with Crippen molar-refractivity contribution in [3.8, 4) is 0 Å². The third-order valence-corrected chi connectivity index (χ3v) is 4.52. The van der Waals surface area contributed by atoms with Crippen LogP contribution in [-0.2, 0) is 6.18 Å². The summed E-state index contributed by atoms with van der Waals surface area (Å²) in [6, 6.07) is 13.4. The van der Waals surface area contributed by atoms with Crippen molar-refractivity contribution in [2.75, 3.05) is 10.6 Å². The molecule has 30 heavy (non-hydrogen) atoms. The molecule has 0 saturated carbocycles. The number of nitrogens with one attached hydrogen (secondary N) is 2. The molecular formula is C21H20F3N5O. The number of amides is 1. The van der Waals surface area contributed by atoms with Gasteiger partial charge in [0.05, 0.1) is 0 Å². The molecule has 0 aliphatic rings. The Balaban J connectivity index is 1.95. The van der Waals surface area contributed by atoms with Crippen molar-refractivity contribution >= 4 is 23.4 Å². The Morgan fingerprint density at radius 3 is 2.47 bits per heavy atom. The number of aromatic nitrogens is 2. The molecule has 9 heteroatoms. The molecule has 0 bridgehead atoms. The average Bonchev–Trinajstić information content (AvgIpc) is 2.69. The first kappa shape index (κ1) is 21.1. The Kier molecular flexibility index (Phi) is 5.91. The first-order chi connectivity index (χ1) is 14.1. The summed E-state index contributed by atoms with van der Waals surface area (Å²) in [5.41, 5.74) is 6.60. The van der Waals surface area contributed by atoms with Crippen molar-refractivity contribution in [3.63, 3.8) is 0 Å². The second kappa shape index (κ2) is 8.40. The smallest absolute Gasteiger partial charge is 0.366 e. The van der Waals surface area contributed by atoms with Gasteiger partial charge in [-0.3, -0.25) is 4.79 Å². The lowest BCUT2D eigenvalue weighted by Crippen LogP contribution is -2.17. The normalized spacial score (nSPS) is 12.3. The first-order valence-corrected chi connectivity index (χ1v) is 9.08. The zero-order valence-electron chi connectivity index (χ0n) is 16.3. The fraction of sp³-hybridized carbons (Fsp3) is 0.190. The van der Waals surface area contributed by atoms with E-state index >= 15 is 0 Å². The van der Waals surface area contributed by atoms with Crippen LogP contribution in [0.25, 0.3) is 0 Å². The maximum Gasteiger partial charge on any atom is 0.421 e. The molecule has 6 nitrogen and oxygen atoms in total. The monoisotopic (exact) mass is 415 g/mol. The Labute approximate surface area is 171 Å². The van der Waals surface area contributed by atoms with Crippen LogP contribution in [0.3, 0.4) is 0 Å². The molecule has 0 spiro atoms. The standard InChI is InChI=1S/C21H20F3N5O/c1-12-8-9-15(18(25)30)10-17(12)28-20-26-11-16(21(22,23)24)19(29-20)27-13(2)14-6-4-3-5-7-14/h3-11,13H,1-2H3,(H2,25,30)(H2,26,27,28,29)/t13-/m1/s1. The summed E-state index contributed by atoms with van der Waals surface area (Å²) in [6.45, 7) is 3.51. The number of nitrogens with zero attached hydrogens (tertiary/aromatic N) is 2. The molecule has 4 N–H and O–H groups in total. The molecule has 0 saturated heterocycles. The van der Waals surface area contributed by atoms with Gasteiger partial charge in [-0.05, 0) is 37.1 Å². The quantitative estimate of drug-likeness (QED) is 0.537. The SMILES string of the molecule is Cc1ccc(C(N)=O)cc1Nc1ncc(C(F)(F)F)c(N[C@H](C)c2ccccc2)n1. The molecule has 0 radical (unpaired) electrons. The highest BCUT2D eigenvalue weighted by Crippen LogP contribution is 2.35. The Morgan fingerprint density at radius 2 is 1.83 bits per heavy atom. The third kappa shape index (κ3) is 4.86. The number of hydrogen-bond acceptors (Lipinski definition) is 5. The fourth-order valence-electron chi connectivity index (χ4n) is 2.82. The van der Waals surface area contributed by atoms with E-state index in [1.807, 2.05) is 18.2 Å². The zero-order chi connectivity index (χ0) is 21.9. The predicted molar refractivity (Wildman–Crippen MR) is 108 cm³/mol. The van der Waals surface area contributed by atoms with Gasteiger partial charge in [0, 0.05) is 23.5 Å². The molecule has 3 aromatic rings. The molecule has 1 heterocycles. The van der Waals surface area contributed by atoms with Crippen molar-refractivity contribution in [1.82, 2.24) is 9.97 Å². The van der Waals surface area contributed by atoms with Crippen molar-refractivity contribution in [1.29, 1.82) is 0 Å². The van der Waals surface area contributed by atoms with Crippen molar-refractivity contribution in [3.05, 3.63) is 77.0 Å². The van der Waals surface area contributed by atoms with Crippen LogP contribution in [0.2, 0.25) is 0 Å². The van der Waals surface area contributed by atoms with E-state index in [1.54, 1.807) is 38.1 Å². The lowest BCUT2D eigenvalue weighted by atomic mass is 10.1. The molecule has 1 amide bonds. The predicted octanol–water partition coefficient (Wildman–Crippen LogP) is 4.82. The highest BCUT2D eigenvalue weighted by molar-refractivity contribution is 5.94. The van der Waals surface area contributed by atoms with Crippen LogP contribution in [0.5, 0.6) is 0 Å². The minimum atomic E-state index is -4.63. The molecule has 2 aromatic carbocycles. The average molecular weight is 415 g/mol. The highest BCUT2D eigenvalue weighted by Gasteiger charge is 2.35. The molecule has 3 rings (SSSR count). The van der Waals surface area contributed by atoms with Gasteiger partial charge in [-0.1, -0.05) is 36.4 Å². The van der Waals surface area contributed by atoms with Crippen LogP contribution in [0.4, 0.5) is 30.6 Å². The van der Waals surface area contributed by atoms with Gasteiger partial charge in [0.15, 0.2) is 0 Å². The van der Waals surface area contributed by atoms with E-state index in [0.717, 1.165) is 17.3 Å². The van der Waals surface area contributed by atoms with Gasteiger partial charge in [0.1, 0.15) is 11.4 Å². The van der Waals surface area contributed by atoms with Crippen LogP contribution in [0.1, 0.15) is 40.0 Å². The summed E-state index contributed by atoms with van der Waals surface area (Å²) >= 11 is 0. The summed E-state index contributed by atoms with van der Waals surface area (Å²) in [4.78, 5) is 19.3. The molecule has 1 atom stereocenters. The van der Waals surface area contributed by atoms with E-state index in [0.29, 0.717) is 5.69 Å². The number of aryl methyl sites for hydroxylation is 1. The van der Waals surface area contributed by atoms with E-state index in [-0.39, 0.29) is 17.3 Å². The Morgan fingerprint density at radius 1 is 1.13 bits per heavy atom. The van der Waals surface area contributed by atoms with Gasteiger partial charge in [-0.2, -0.15) is 18.2 Å². The minimum absolute atomic E-state index is 0.0458. The van der Waals surface area contributed by atoms with E-state index in [2.05, 4.69) is 20.6 Å². The highest BCUT2D eigenvalue weighted by atomic mass is 19.4. The third-order valence-electron chi connectivity index (χ3n) is 4.52. The van der Waals surface area contributed by atoms with Crippen molar-refractivity contribution < 1.29 is 18.0 Å². The van der Waals surface area contributed by atoms with Crippen LogP contribution in [0, 0.1) is 6.92 Å². The van der Waals surface area contributed by atoms with E-state index in [9.17, 15) is 18.0 Å². The minimum Gasteiger partial charge on any atom is -0.366 e. The Bertz CT molecular complexity index is 1050. The fourth-order valence-corrected chi connectivity index (χ4v) is 2.82. The molecule has 0 aliphatic heterocycles. The molecule has 156 valence electrons. The van der Waals surface area contributed by atoms with Crippen molar-refractivity contribution in [2.24, 2.45) is 5.73 Å². The number of alkyl halides is 3. The number of rotatable bonds is 6. The number of carbonyl (C=O) groups is 1. The van der Waals surface area contributed by atoms with Crippen LogP contribution in [0.15, 0.2) is 54.7 Å². The van der Waals surface area contributed by atoms with Gasteiger partial charge in [0.25, 0.3) is 0 Å². The molecule has 1 aromatic heterocycles. The lowest BCUT2D eigenvalue weighted by molar-refractivity contribution is -0.137. The van der Waals surface area contributed by atoms with Gasteiger partial charge in [-0.25, -0.2) is 4.98 Å². The zero-order valence-corrected chi connectivity index (χ0v) is 16.3. The summed E-state index contributed by atoms with van der Waals surface area (Å²) in [6.07, 6.45) is -3.90. The topological polar surface area (TPSA) is 92.9 Å². The first-order valence-electron chi connectivity index (χ1n) is 9.08. The maximum absolute atomic E-state index is 13.5. The lowest BCUT2D eigenvalue weighted by Gasteiger charge is -2.19. The molecule has 0 unspecified atom stereocenters. The van der Waals surface area contributed by atoms with Gasteiger partial charge in [-0.15, -0.1) is 0 Å². The van der Waals surface area contributed by atoms with Crippen LogP contribution in [-0.4, -0.2) is 15.9 Å². The van der Waals surface area contributed by atoms with Gasteiger partial charge >= 0.3 is 6.18 Å². The summed E-state index contributed by atoms with van der Waals surface area (Å²) in [5, 5.41) is 5.68. The van der Waals surface area contributed by atoms with Crippen molar-refractivity contribution in [2.45, 2.75) is 26.1 Å². The molecule has 0 aliphatic carbocycles. The maximum atomic E-state index is 13.5. The number of halogens is 3. The Hall–Kier alpha value is -3.62. The molecular weight excluding hydrogens is 395 g/mol. The number of benzene rings is 2. The largest absolute Gasteiger partial charge is 0.421 e. The molecule has 0 fully saturated rings. The summed E-state index contributed by atoms with van der Waals surface area (Å²) in [7, 11) is 0. The van der Waals surface area contributed by atoms with E-state index < -0.39 is 23.7 Å². The van der Waals surface area contributed by atoms with Crippen LogP contribution < -0.4 is 16.4 Å². The van der Waals surface area contributed by atoms with Gasteiger partial charge < -0.3 is 16.4 Å². The second-order valence-electron chi connectivity index (χ2n) is 6.75. The summed E-state index contributed by atoms with van der Waals surface area (Å²) < 4.78 is 40.4. The summed E-state index contributed by atoms with van der Waals surface area (Å²) in [5.74, 6) is -1.01.